The van der Waals surface area contributed by atoms with E-state index < -0.39 is 0 Å². The largest absolute Gasteiger partial charge is 0.395 e. The first-order valence-electron chi connectivity index (χ1n) is 5.94. The van der Waals surface area contributed by atoms with Gasteiger partial charge in [0.2, 0.25) is 0 Å². The zero-order chi connectivity index (χ0) is 10.2. The first-order chi connectivity index (χ1) is 6.88. The highest BCUT2D eigenvalue weighted by Crippen LogP contribution is 2.10. The fourth-order valence-electron chi connectivity index (χ4n) is 2.07. The molecule has 0 bridgehead atoms. The number of piperazine rings is 1. The fraction of sp³-hybridized carbons (Fsp3) is 1.00. The average molecular weight is 200 g/mol. The van der Waals surface area contributed by atoms with Crippen molar-refractivity contribution in [3.05, 3.63) is 0 Å². The molecule has 0 aromatic heterocycles. The normalized spacial score (nSPS) is 21.0. The van der Waals surface area contributed by atoms with Crippen LogP contribution < -0.4 is 5.32 Å². The van der Waals surface area contributed by atoms with E-state index in [1.165, 1.54) is 19.3 Å². The van der Waals surface area contributed by atoms with Gasteiger partial charge in [-0.3, -0.25) is 4.90 Å². The van der Waals surface area contributed by atoms with Gasteiger partial charge in [0.1, 0.15) is 0 Å². The molecule has 1 aliphatic rings. The van der Waals surface area contributed by atoms with Crippen molar-refractivity contribution in [1.82, 2.24) is 10.2 Å². The van der Waals surface area contributed by atoms with E-state index in [0.717, 1.165) is 32.6 Å². The SMILES string of the molecule is CCCCCC(CO)N1CCNCC1. The van der Waals surface area contributed by atoms with Gasteiger partial charge >= 0.3 is 0 Å². The zero-order valence-electron chi connectivity index (χ0n) is 9.34. The number of unbranched alkanes of at least 4 members (excludes halogenated alkanes) is 2. The van der Waals surface area contributed by atoms with E-state index in [9.17, 15) is 5.11 Å². The summed E-state index contributed by atoms with van der Waals surface area (Å²) in [7, 11) is 0. The minimum atomic E-state index is 0.323. The van der Waals surface area contributed by atoms with Gasteiger partial charge in [0.15, 0.2) is 0 Å². The molecule has 1 saturated heterocycles. The molecule has 0 amide bonds. The van der Waals surface area contributed by atoms with Crippen LogP contribution in [0.2, 0.25) is 0 Å². The van der Waals surface area contributed by atoms with Crippen molar-refractivity contribution in [2.75, 3.05) is 32.8 Å². The van der Waals surface area contributed by atoms with E-state index in [0.29, 0.717) is 12.6 Å². The maximum Gasteiger partial charge on any atom is 0.0586 e. The molecule has 0 aliphatic carbocycles. The Morgan fingerprint density at radius 3 is 2.57 bits per heavy atom. The maximum atomic E-state index is 9.32. The molecule has 14 heavy (non-hydrogen) atoms. The van der Waals surface area contributed by atoms with Crippen molar-refractivity contribution >= 4 is 0 Å². The second-order valence-corrected chi connectivity index (χ2v) is 4.12. The number of aliphatic hydroxyl groups excluding tert-OH is 1. The van der Waals surface area contributed by atoms with E-state index in [-0.39, 0.29) is 0 Å². The average Bonchev–Trinajstić information content (AvgIpc) is 2.26. The molecule has 1 aliphatic heterocycles. The summed E-state index contributed by atoms with van der Waals surface area (Å²) < 4.78 is 0. The Bertz CT molecular complexity index is 135. The topological polar surface area (TPSA) is 35.5 Å². The van der Waals surface area contributed by atoms with Gasteiger partial charge in [-0.25, -0.2) is 0 Å². The lowest BCUT2D eigenvalue weighted by Gasteiger charge is -2.33. The monoisotopic (exact) mass is 200 g/mol. The van der Waals surface area contributed by atoms with Crippen molar-refractivity contribution in [1.29, 1.82) is 0 Å². The maximum absolute atomic E-state index is 9.32. The van der Waals surface area contributed by atoms with E-state index in [2.05, 4.69) is 17.1 Å². The molecule has 84 valence electrons. The van der Waals surface area contributed by atoms with Gasteiger partial charge in [-0.15, -0.1) is 0 Å². The molecule has 3 nitrogen and oxygen atoms in total. The number of nitrogens with zero attached hydrogens (tertiary/aromatic N) is 1. The minimum absolute atomic E-state index is 0.323. The lowest BCUT2D eigenvalue weighted by Crippen LogP contribution is -2.49. The van der Waals surface area contributed by atoms with Crippen molar-refractivity contribution < 1.29 is 5.11 Å². The quantitative estimate of drug-likeness (QED) is 0.624. The molecule has 0 saturated carbocycles. The summed E-state index contributed by atoms with van der Waals surface area (Å²) in [6.07, 6.45) is 4.97. The Kier molecular flexibility index (Phi) is 6.15. The Morgan fingerprint density at radius 1 is 1.29 bits per heavy atom. The fourth-order valence-corrected chi connectivity index (χ4v) is 2.07. The van der Waals surface area contributed by atoms with Crippen molar-refractivity contribution in [3.8, 4) is 0 Å². The third kappa shape index (κ3) is 3.95. The summed E-state index contributed by atoms with van der Waals surface area (Å²) in [5, 5.41) is 12.7. The first-order valence-corrected chi connectivity index (χ1v) is 5.94. The van der Waals surface area contributed by atoms with Crippen LogP contribution in [0.5, 0.6) is 0 Å². The van der Waals surface area contributed by atoms with Crippen LogP contribution in [0.4, 0.5) is 0 Å². The molecule has 2 N–H and O–H groups in total. The smallest absolute Gasteiger partial charge is 0.0586 e. The minimum Gasteiger partial charge on any atom is -0.395 e. The van der Waals surface area contributed by atoms with Gasteiger partial charge < -0.3 is 10.4 Å². The number of nitrogens with one attached hydrogen (secondary N) is 1. The van der Waals surface area contributed by atoms with Gasteiger partial charge in [0, 0.05) is 32.2 Å². The molecule has 1 fully saturated rings. The van der Waals surface area contributed by atoms with Crippen molar-refractivity contribution in [2.24, 2.45) is 0 Å². The molecule has 0 aromatic rings. The van der Waals surface area contributed by atoms with Crippen LogP contribution in [0.25, 0.3) is 0 Å². The van der Waals surface area contributed by atoms with Gasteiger partial charge in [0.05, 0.1) is 6.61 Å². The summed E-state index contributed by atoms with van der Waals surface area (Å²) in [6.45, 7) is 6.88. The van der Waals surface area contributed by atoms with Gasteiger partial charge in [0.25, 0.3) is 0 Å². The Morgan fingerprint density at radius 2 is 2.00 bits per heavy atom. The second-order valence-electron chi connectivity index (χ2n) is 4.12. The van der Waals surface area contributed by atoms with E-state index in [1.54, 1.807) is 0 Å². The standard InChI is InChI=1S/C11H24N2O/c1-2-3-4-5-11(10-14)13-8-6-12-7-9-13/h11-12,14H,2-10H2,1H3. The molecule has 1 heterocycles. The highest BCUT2D eigenvalue weighted by Gasteiger charge is 2.18. The van der Waals surface area contributed by atoms with Gasteiger partial charge in [-0.05, 0) is 6.42 Å². The molecular formula is C11H24N2O. The Balaban J connectivity index is 2.21. The number of hydrogen-bond donors (Lipinski definition) is 2. The van der Waals surface area contributed by atoms with E-state index in [4.69, 9.17) is 0 Å². The van der Waals surface area contributed by atoms with Crippen LogP contribution >= 0.6 is 0 Å². The number of aliphatic hydroxyl groups is 1. The highest BCUT2D eigenvalue weighted by atomic mass is 16.3. The second kappa shape index (κ2) is 7.21. The molecule has 1 atom stereocenters. The van der Waals surface area contributed by atoms with Crippen LogP contribution in [0.15, 0.2) is 0 Å². The molecular weight excluding hydrogens is 176 g/mol. The van der Waals surface area contributed by atoms with Crippen LogP contribution in [0, 0.1) is 0 Å². The molecule has 3 heteroatoms. The summed E-state index contributed by atoms with van der Waals surface area (Å²) >= 11 is 0. The van der Waals surface area contributed by atoms with Crippen molar-refractivity contribution in [3.63, 3.8) is 0 Å². The summed E-state index contributed by atoms with van der Waals surface area (Å²) in [6, 6.07) is 0.406. The van der Waals surface area contributed by atoms with Crippen LogP contribution in [0.3, 0.4) is 0 Å². The third-order valence-electron chi connectivity index (χ3n) is 3.02. The highest BCUT2D eigenvalue weighted by molar-refractivity contribution is 4.75. The summed E-state index contributed by atoms with van der Waals surface area (Å²) in [5.41, 5.74) is 0. The zero-order valence-corrected chi connectivity index (χ0v) is 9.34. The predicted octanol–water partition coefficient (Wildman–Crippen LogP) is 0.833. The van der Waals surface area contributed by atoms with Crippen LogP contribution in [0.1, 0.15) is 32.6 Å². The van der Waals surface area contributed by atoms with Crippen LogP contribution in [-0.2, 0) is 0 Å². The lowest BCUT2D eigenvalue weighted by atomic mass is 10.1. The molecule has 0 radical (unpaired) electrons. The first kappa shape index (κ1) is 12.0. The molecule has 1 unspecified atom stereocenters. The summed E-state index contributed by atoms with van der Waals surface area (Å²) in [5.74, 6) is 0. The lowest BCUT2D eigenvalue weighted by molar-refractivity contribution is 0.102. The Labute approximate surface area is 87.5 Å². The van der Waals surface area contributed by atoms with Crippen LogP contribution in [-0.4, -0.2) is 48.8 Å². The predicted molar refractivity (Wildman–Crippen MR) is 59.5 cm³/mol. The molecule has 1 rings (SSSR count). The third-order valence-corrected chi connectivity index (χ3v) is 3.02. The van der Waals surface area contributed by atoms with Crippen molar-refractivity contribution in [2.45, 2.75) is 38.6 Å². The Hall–Kier alpha value is -0.120. The van der Waals surface area contributed by atoms with E-state index in [1.807, 2.05) is 0 Å². The summed E-state index contributed by atoms with van der Waals surface area (Å²) in [4.78, 5) is 2.42. The number of rotatable bonds is 6. The van der Waals surface area contributed by atoms with Gasteiger partial charge in [-0.2, -0.15) is 0 Å². The molecule has 0 aromatic carbocycles. The van der Waals surface area contributed by atoms with Gasteiger partial charge in [-0.1, -0.05) is 26.2 Å². The van der Waals surface area contributed by atoms with E-state index >= 15 is 0 Å². The number of hydrogen-bond acceptors (Lipinski definition) is 3. The molecule has 0 spiro atoms.